The SMILES string of the molecule is COC1CCCC(C2CC(C(=O)N3CC[C@H](CNC#N)C3)NN2)C1. The molecule has 2 aliphatic heterocycles. The van der Waals surface area contributed by atoms with Gasteiger partial charge in [-0.3, -0.25) is 10.2 Å². The molecule has 3 rings (SSSR count). The van der Waals surface area contributed by atoms with Crippen LogP contribution in [0.2, 0.25) is 0 Å². The summed E-state index contributed by atoms with van der Waals surface area (Å²) in [4.78, 5) is 14.7. The van der Waals surface area contributed by atoms with Gasteiger partial charge in [0.15, 0.2) is 6.19 Å². The van der Waals surface area contributed by atoms with E-state index in [1.54, 1.807) is 7.11 Å². The highest BCUT2D eigenvalue weighted by molar-refractivity contribution is 5.82. The predicted molar refractivity (Wildman–Crippen MR) is 89.5 cm³/mol. The van der Waals surface area contributed by atoms with Crippen LogP contribution < -0.4 is 16.2 Å². The van der Waals surface area contributed by atoms with Crippen LogP contribution in [0.15, 0.2) is 0 Å². The second kappa shape index (κ2) is 8.15. The fourth-order valence-electron chi connectivity index (χ4n) is 4.42. The van der Waals surface area contributed by atoms with Crippen molar-refractivity contribution in [2.24, 2.45) is 11.8 Å². The van der Waals surface area contributed by atoms with E-state index >= 15 is 0 Å². The summed E-state index contributed by atoms with van der Waals surface area (Å²) in [5.74, 6) is 1.17. The van der Waals surface area contributed by atoms with E-state index < -0.39 is 0 Å². The average Bonchev–Trinajstić information content (AvgIpc) is 3.29. The summed E-state index contributed by atoms with van der Waals surface area (Å²) < 4.78 is 5.53. The Bertz CT molecular complexity index is 480. The molecule has 3 N–H and O–H groups in total. The third-order valence-corrected chi connectivity index (χ3v) is 5.87. The zero-order valence-corrected chi connectivity index (χ0v) is 14.5. The highest BCUT2D eigenvalue weighted by Crippen LogP contribution is 2.31. The summed E-state index contributed by atoms with van der Waals surface area (Å²) in [6.45, 7) is 2.22. The van der Waals surface area contributed by atoms with Crippen molar-refractivity contribution in [1.29, 1.82) is 5.26 Å². The van der Waals surface area contributed by atoms with Gasteiger partial charge in [0.25, 0.3) is 0 Å². The maximum Gasteiger partial charge on any atom is 0.241 e. The molecular weight excluding hydrogens is 306 g/mol. The lowest BCUT2D eigenvalue weighted by Gasteiger charge is -2.31. The summed E-state index contributed by atoms with van der Waals surface area (Å²) in [5, 5.41) is 11.3. The number of nitrogens with zero attached hydrogens (tertiary/aromatic N) is 2. The Hall–Kier alpha value is -1.36. The van der Waals surface area contributed by atoms with Gasteiger partial charge in [-0.15, -0.1) is 0 Å². The van der Waals surface area contributed by atoms with Crippen LogP contribution in [0.5, 0.6) is 0 Å². The fraction of sp³-hybridized carbons (Fsp3) is 0.882. The number of rotatable bonds is 5. The molecule has 4 unspecified atom stereocenters. The van der Waals surface area contributed by atoms with Crippen LogP contribution in [0.4, 0.5) is 0 Å². The van der Waals surface area contributed by atoms with Crippen molar-refractivity contribution in [2.75, 3.05) is 26.7 Å². The van der Waals surface area contributed by atoms with Gasteiger partial charge < -0.3 is 15.0 Å². The van der Waals surface area contributed by atoms with Gasteiger partial charge >= 0.3 is 0 Å². The molecule has 5 atom stereocenters. The fourth-order valence-corrected chi connectivity index (χ4v) is 4.42. The number of carbonyl (C=O) groups is 1. The first-order valence-corrected chi connectivity index (χ1v) is 9.15. The van der Waals surface area contributed by atoms with Gasteiger partial charge in [-0.1, -0.05) is 6.42 Å². The number of methoxy groups -OCH3 is 1. The molecule has 3 aliphatic rings. The predicted octanol–water partition coefficient (Wildman–Crippen LogP) is 0.346. The van der Waals surface area contributed by atoms with E-state index in [9.17, 15) is 4.79 Å². The Balaban J connectivity index is 1.47. The van der Waals surface area contributed by atoms with Crippen LogP contribution in [-0.2, 0) is 9.53 Å². The smallest absolute Gasteiger partial charge is 0.241 e. The van der Waals surface area contributed by atoms with Crippen molar-refractivity contribution in [3.8, 4) is 6.19 Å². The highest BCUT2D eigenvalue weighted by Gasteiger charge is 2.39. The van der Waals surface area contributed by atoms with Crippen LogP contribution in [-0.4, -0.2) is 55.7 Å². The molecule has 0 bridgehead atoms. The Morgan fingerprint density at radius 3 is 3.00 bits per heavy atom. The van der Waals surface area contributed by atoms with E-state index in [0.717, 1.165) is 38.8 Å². The second-order valence-electron chi connectivity index (χ2n) is 7.40. The third-order valence-electron chi connectivity index (χ3n) is 5.87. The van der Waals surface area contributed by atoms with E-state index in [4.69, 9.17) is 10.00 Å². The quantitative estimate of drug-likeness (QED) is 0.496. The lowest BCUT2D eigenvalue weighted by molar-refractivity contribution is -0.132. The summed E-state index contributed by atoms with van der Waals surface area (Å²) in [7, 11) is 1.80. The monoisotopic (exact) mass is 335 g/mol. The largest absolute Gasteiger partial charge is 0.381 e. The van der Waals surface area contributed by atoms with E-state index in [0.29, 0.717) is 30.5 Å². The minimum atomic E-state index is -0.124. The molecule has 0 aromatic heterocycles. The van der Waals surface area contributed by atoms with Crippen LogP contribution in [0.3, 0.4) is 0 Å². The van der Waals surface area contributed by atoms with Crippen molar-refractivity contribution >= 4 is 5.91 Å². The molecule has 0 spiro atoms. The number of amides is 1. The first-order chi connectivity index (χ1) is 11.7. The molecule has 24 heavy (non-hydrogen) atoms. The third kappa shape index (κ3) is 4.00. The molecule has 2 heterocycles. The van der Waals surface area contributed by atoms with Gasteiger partial charge in [0, 0.05) is 32.8 Å². The molecule has 3 fully saturated rings. The molecule has 0 aromatic carbocycles. The number of hydrogen-bond acceptors (Lipinski definition) is 6. The van der Waals surface area contributed by atoms with Gasteiger partial charge in [0.2, 0.25) is 5.91 Å². The van der Waals surface area contributed by atoms with Crippen molar-refractivity contribution in [3.63, 3.8) is 0 Å². The number of hydrogen-bond donors (Lipinski definition) is 3. The lowest BCUT2D eigenvalue weighted by Crippen LogP contribution is -2.45. The van der Waals surface area contributed by atoms with Crippen LogP contribution in [0.1, 0.15) is 38.5 Å². The lowest BCUT2D eigenvalue weighted by atomic mass is 9.81. The Morgan fingerprint density at radius 1 is 1.33 bits per heavy atom. The van der Waals surface area contributed by atoms with E-state index in [1.165, 1.54) is 12.8 Å². The first kappa shape index (κ1) is 17.5. The number of hydrazine groups is 1. The zero-order valence-electron chi connectivity index (χ0n) is 14.5. The highest BCUT2D eigenvalue weighted by atomic mass is 16.5. The van der Waals surface area contributed by atoms with E-state index in [-0.39, 0.29) is 11.9 Å². The molecule has 7 nitrogen and oxygen atoms in total. The summed E-state index contributed by atoms with van der Waals surface area (Å²) >= 11 is 0. The normalized spacial score (nSPS) is 36.5. The summed E-state index contributed by atoms with van der Waals surface area (Å²) in [5.41, 5.74) is 6.58. The molecule has 1 amide bonds. The van der Waals surface area contributed by atoms with Crippen molar-refractivity contribution < 1.29 is 9.53 Å². The van der Waals surface area contributed by atoms with E-state index in [1.807, 2.05) is 11.1 Å². The van der Waals surface area contributed by atoms with E-state index in [2.05, 4.69) is 16.2 Å². The Labute approximate surface area is 144 Å². The average molecular weight is 335 g/mol. The molecular formula is C17H29N5O2. The summed E-state index contributed by atoms with van der Waals surface area (Å²) in [6.07, 6.45) is 8.82. The molecule has 0 aromatic rings. The standard InChI is InChI=1S/C17H29N5O2/c1-24-14-4-2-3-13(7-14)15-8-16(21-20-15)17(23)22-6-5-12(10-22)9-19-11-18/h12-16,19-21H,2-10H2,1H3/t12-,13?,14?,15?,16?/m1/s1. The molecule has 7 heteroatoms. The molecule has 0 radical (unpaired) electrons. The Kier molecular flexibility index (Phi) is 5.93. The van der Waals surface area contributed by atoms with Gasteiger partial charge in [0.1, 0.15) is 6.04 Å². The minimum Gasteiger partial charge on any atom is -0.381 e. The van der Waals surface area contributed by atoms with Gasteiger partial charge in [-0.05, 0) is 43.9 Å². The van der Waals surface area contributed by atoms with Gasteiger partial charge in [-0.25, -0.2) is 5.43 Å². The number of carbonyl (C=O) groups excluding carboxylic acids is 1. The van der Waals surface area contributed by atoms with Crippen molar-refractivity contribution in [2.45, 2.75) is 56.7 Å². The molecule has 2 saturated heterocycles. The number of likely N-dealkylation sites (tertiary alicyclic amines) is 1. The minimum absolute atomic E-state index is 0.124. The molecule has 134 valence electrons. The van der Waals surface area contributed by atoms with Gasteiger partial charge in [0.05, 0.1) is 6.10 Å². The van der Waals surface area contributed by atoms with Crippen LogP contribution in [0, 0.1) is 23.3 Å². The maximum atomic E-state index is 12.7. The van der Waals surface area contributed by atoms with Gasteiger partial charge in [-0.2, -0.15) is 5.26 Å². The number of ether oxygens (including phenoxy) is 1. The maximum absolute atomic E-state index is 12.7. The molecule has 1 saturated carbocycles. The van der Waals surface area contributed by atoms with Crippen molar-refractivity contribution in [1.82, 2.24) is 21.1 Å². The second-order valence-corrected chi connectivity index (χ2v) is 7.40. The topological polar surface area (TPSA) is 89.4 Å². The zero-order chi connectivity index (χ0) is 16.9. The number of nitrogens with one attached hydrogen (secondary N) is 3. The molecule has 1 aliphatic carbocycles. The summed E-state index contributed by atoms with van der Waals surface area (Å²) in [6, 6.07) is 0.233. The van der Waals surface area contributed by atoms with Crippen LogP contribution in [0.25, 0.3) is 0 Å². The Morgan fingerprint density at radius 2 is 2.21 bits per heavy atom. The first-order valence-electron chi connectivity index (χ1n) is 9.15. The van der Waals surface area contributed by atoms with Crippen molar-refractivity contribution in [3.05, 3.63) is 0 Å². The number of nitriles is 1. The van der Waals surface area contributed by atoms with Crippen LogP contribution >= 0.6 is 0 Å².